The molecule has 0 aromatic carbocycles. The van der Waals surface area contributed by atoms with Crippen molar-refractivity contribution in [2.75, 3.05) is 11.9 Å². The van der Waals surface area contributed by atoms with E-state index in [9.17, 15) is 14.7 Å². The molecule has 6 heteroatoms. The Kier molecular flexibility index (Phi) is 5.36. The maximum atomic E-state index is 12.2. The summed E-state index contributed by atoms with van der Waals surface area (Å²) < 4.78 is 10.9. The molecule has 0 unspecified atom stereocenters. The van der Waals surface area contributed by atoms with Gasteiger partial charge in [-0.3, -0.25) is 4.79 Å². The number of halogens is 1. The molecule has 5 nitrogen and oxygen atoms in total. The number of hydrogen-bond acceptors (Lipinski definition) is 5. The summed E-state index contributed by atoms with van der Waals surface area (Å²) in [6.07, 6.45) is 10.8. The maximum absolute atomic E-state index is 12.2. The summed E-state index contributed by atoms with van der Waals surface area (Å²) in [6.45, 7) is 5.12. The highest BCUT2D eigenvalue weighted by molar-refractivity contribution is 9.09. The third-order valence-electron chi connectivity index (χ3n) is 10.3. The van der Waals surface area contributed by atoms with Crippen LogP contribution in [0.5, 0.6) is 0 Å². The minimum absolute atomic E-state index is 0.0410. The highest BCUT2D eigenvalue weighted by Gasteiger charge is 2.67. The number of carbonyl (C=O) groups excluding carboxylic acids is 2. The van der Waals surface area contributed by atoms with Crippen LogP contribution in [0.4, 0.5) is 0 Å². The van der Waals surface area contributed by atoms with Gasteiger partial charge in [0.25, 0.3) is 0 Å². The van der Waals surface area contributed by atoms with E-state index < -0.39 is 5.60 Å². The number of ether oxygens (including phenoxy) is 2. The molecule has 172 valence electrons. The molecule has 0 aromatic rings. The molecule has 4 fully saturated rings. The lowest BCUT2D eigenvalue weighted by Crippen LogP contribution is -2.62. The summed E-state index contributed by atoms with van der Waals surface area (Å²) in [6, 6.07) is 0. The second kappa shape index (κ2) is 7.58. The van der Waals surface area contributed by atoms with Crippen LogP contribution in [-0.2, 0) is 19.1 Å². The van der Waals surface area contributed by atoms with Gasteiger partial charge in [-0.25, -0.2) is 4.79 Å². The highest BCUT2D eigenvalue weighted by Crippen LogP contribution is 2.70. The van der Waals surface area contributed by atoms with Crippen molar-refractivity contribution >= 4 is 27.9 Å². The normalized spacial score (nSPS) is 48.8. The predicted octanol–water partition coefficient (Wildman–Crippen LogP) is 4.55. The van der Waals surface area contributed by atoms with Crippen LogP contribution >= 0.6 is 15.9 Å². The number of fused-ring (bicyclic) bond motifs is 5. The van der Waals surface area contributed by atoms with Crippen molar-refractivity contribution in [2.24, 2.45) is 34.5 Å². The largest absolute Gasteiger partial charge is 0.462 e. The minimum atomic E-state index is -0.666. The Balaban J connectivity index is 1.37. The van der Waals surface area contributed by atoms with Gasteiger partial charge in [-0.2, -0.15) is 0 Å². The fraction of sp³-hybridized carbons (Fsp3) is 0.840. The minimum Gasteiger partial charge on any atom is -0.462 e. The van der Waals surface area contributed by atoms with Crippen molar-refractivity contribution < 1.29 is 24.2 Å². The van der Waals surface area contributed by atoms with Gasteiger partial charge in [0, 0.05) is 11.5 Å². The van der Waals surface area contributed by atoms with E-state index in [4.69, 9.17) is 9.47 Å². The fourth-order valence-corrected chi connectivity index (χ4v) is 8.83. The Labute approximate surface area is 193 Å². The lowest BCUT2D eigenvalue weighted by Gasteiger charge is -2.63. The number of carbonyl (C=O) groups is 2. The Morgan fingerprint density at radius 2 is 1.97 bits per heavy atom. The third-order valence-corrected chi connectivity index (χ3v) is 10.8. The zero-order chi connectivity index (χ0) is 22.0. The molecule has 4 saturated carbocycles. The molecule has 1 N–H and O–H groups in total. The van der Waals surface area contributed by atoms with E-state index in [1.165, 1.54) is 0 Å². The second-order valence-electron chi connectivity index (χ2n) is 11.3. The second-order valence-corrected chi connectivity index (χ2v) is 11.9. The first-order valence-electron chi connectivity index (χ1n) is 12.1. The van der Waals surface area contributed by atoms with Crippen LogP contribution in [0.25, 0.3) is 0 Å². The summed E-state index contributed by atoms with van der Waals surface area (Å²) in [4.78, 5) is 23.5. The molecule has 5 aliphatic rings. The number of hydrogen-bond donors (Lipinski definition) is 1. The molecule has 1 heterocycles. The van der Waals surface area contributed by atoms with E-state index in [2.05, 4.69) is 29.8 Å². The summed E-state index contributed by atoms with van der Waals surface area (Å²) in [7, 11) is 0. The van der Waals surface area contributed by atoms with Gasteiger partial charge in [0.2, 0.25) is 0 Å². The molecular weight excluding hydrogens is 460 g/mol. The van der Waals surface area contributed by atoms with E-state index in [0.29, 0.717) is 24.4 Å². The van der Waals surface area contributed by atoms with Crippen molar-refractivity contribution in [1.82, 2.24) is 0 Å². The zero-order valence-electron chi connectivity index (χ0n) is 18.7. The molecule has 31 heavy (non-hydrogen) atoms. The van der Waals surface area contributed by atoms with Crippen LogP contribution in [0.2, 0.25) is 0 Å². The number of alkyl halides is 1. The van der Waals surface area contributed by atoms with Crippen LogP contribution in [0.1, 0.15) is 71.6 Å². The van der Waals surface area contributed by atoms with Gasteiger partial charge >= 0.3 is 11.9 Å². The molecular formula is C25H35BrO5. The standard InChI is InChI=1S/C25H35BrO5/c1-23-8-5-17(31-22(28)13-26)12-16(23)3-4-20-19(23)6-9-24(2)18(7-10-25(20,24)29)15-11-21(27)30-14-15/h11,16-20,29H,3-10,12-14H2,1-2H3/t16-,17-,18+,19-,20+,23-,24+,25+/m0/s1. The van der Waals surface area contributed by atoms with E-state index in [0.717, 1.165) is 63.4 Å². The lowest BCUT2D eigenvalue weighted by molar-refractivity contribution is -0.209. The average Bonchev–Trinajstić information content (AvgIpc) is 3.28. The molecule has 5 rings (SSSR count). The van der Waals surface area contributed by atoms with Crippen molar-refractivity contribution in [3.05, 3.63) is 11.6 Å². The Hall–Kier alpha value is -0.880. The van der Waals surface area contributed by atoms with Gasteiger partial charge in [-0.15, -0.1) is 0 Å². The van der Waals surface area contributed by atoms with Crippen molar-refractivity contribution in [3.63, 3.8) is 0 Å². The molecule has 8 atom stereocenters. The molecule has 0 amide bonds. The smallest absolute Gasteiger partial charge is 0.331 e. The van der Waals surface area contributed by atoms with Crippen LogP contribution < -0.4 is 0 Å². The average molecular weight is 495 g/mol. The monoisotopic (exact) mass is 494 g/mol. The molecule has 1 aliphatic heterocycles. The number of esters is 2. The van der Waals surface area contributed by atoms with Crippen molar-refractivity contribution in [1.29, 1.82) is 0 Å². The number of aliphatic hydroxyl groups is 1. The third kappa shape index (κ3) is 3.18. The number of cyclic esters (lactones) is 1. The Morgan fingerprint density at radius 1 is 1.16 bits per heavy atom. The van der Waals surface area contributed by atoms with E-state index in [1.807, 2.05) is 0 Å². The molecule has 0 saturated heterocycles. The summed E-state index contributed by atoms with van der Waals surface area (Å²) in [5, 5.41) is 12.5. The van der Waals surface area contributed by atoms with Crippen LogP contribution in [0, 0.1) is 34.5 Å². The Bertz CT molecular complexity index is 810. The Morgan fingerprint density at radius 3 is 2.68 bits per heavy atom. The maximum Gasteiger partial charge on any atom is 0.331 e. The fourth-order valence-electron chi connectivity index (χ4n) is 8.69. The predicted molar refractivity (Wildman–Crippen MR) is 119 cm³/mol. The van der Waals surface area contributed by atoms with Gasteiger partial charge in [-0.1, -0.05) is 29.8 Å². The number of rotatable bonds is 3. The van der Waals surface area contributed by atoms with Gasteiger partial charge in [0.15, 0.2) is 0 Å². The van der Waals surface area contributed by atoms with E-state index in [1.54, 1.807) is 6.08 Å². The zero-order valence-corrected chi connectivity index (χ0v) is 20.3. The van der Waals surface area contributed by atoms with Crippen LogP contribution in [0.3, 0.4) is 0 Å². The van der Waals surface area contributed by atoms with Gasteiger partial charge in [0.05, 0.1) is 5.60 Å². The van der Waals surface area contributed by atoms with Crippen LogP contribution in [-0.4, -0.2) is 40.7 Å². The quantitative estimate of drug-likeness (QED) is 0.460. The molecule has 0 aromatic heterocycles. The topological polar surface area (TPSA) is 72.8 Å². The first-order valence-corrected chi connectivity index (χ1v) is 13.2. The molecule has 4 aliphatic carbocycles. The van der Waals surface area contributed by atoms with Crippen LogP contribution in [0.15, 0.2) is 11.6 Å². The first-order chi connectivity index (χ1) is 14.7. The molecule has 0 radical (unpaired) electrons. The first kappa shape index (κ1) is 21.9. The molecule has 0 spiro atoms. The van der Waals surface area contributed by atoms with E-state index in [-0.39, 0.29) is 40.1 Å². The molecule has 0 bridgehead atoms. The summed E-state index contributed by atoms with van der Waals surface area (Å²) in [5.74, 6) is 1.25. The van der Waals surface area contributed by atoms with Gasteiger partial charge in [0.1, 0.15) is 18.0 Å². The summed E-state index contributed by atoms with van der Waals surface area (Å²) in [5.41, 5.74) is 0.456. The van der Waals surface area contributed by atoms with E-state index >= 15 is 0 Å². The SMILES string of the molecule is C[C@]12CC[C@H](OC(=O)CBr)C[C@@H]1CC[C@@H]1[C@@H]2CC[C@]2(C)[C@@H](C3=CC(=O)OC3)CC[C@@]12O. The van der Waals surface area contributed by atoms with Crippen molar-refractivity contribution in [2.45, 2.75) is 83.3 Å². The summed E-state index contributed by atoms with van der Waals surface area (Å²) >= 11 is 3.20. The van der Waals surface area contributed by atoms with Gasteiger partial charge < -0.3 is 14.6 Å². The van der Waals surface area contributed by atoms with Crippen molar-refractivity contribution in [3.8, 4) is 0 Å². The van der Waals surface area contributed by atoms with Gasteiger partial charge in [-0.05, 0) is 92.4 Å². The highest BCUT2D eigenvalue weighted by atomic mass is 79.9. The lowest BCUT2D eigenvalue weighted by atomic mass is 9.43.